The molecule has 1 aliphatic heterocycles. The van der Waals surface area contributed by atoms with Gasteiger partial charge in [0.05, 0.1) is 11.7 Å². The molecule has 1 aliphatic rings. The second-order valence-corrected chi connectivity index (χ2v) is 5.85. The molecule has 0 bridgehead atoms. The Balaban J connectivity index is 1.82. The molecule has 2 aromatic heterocycles. The fourth-order valence-corrected chi connectivity index (χ4v) is 3.18. The van der Waals surface area contributed by atoms with E-state index in [4.69, 9.17) is 0 Å². The lowest BCUT2D eigenvalue weighted by molar-refractivity contribution is 0.240. The number of imidazole rings is 1. The number of nitrogens with one attached hydrogen (secondary N) is 1. The monoisotopic (exact) mass is 273 g/mol. The van der Waals surface area contributed by atoms with Crippen molar-refractivity contribution in [2.75, 3.05) is 6.54 Å². The van der Waals surface area contributed by atoms with Crippen molar-refractivity contribution < 1.29 is 0 Å². The van der Waals surface area contributed by atoms with Crippen molar-refractivity contribution in [2.45, 2.75) is 46.2 Å². The Labute approximate surface area is 120 Å². The number of aromatic nitrogens is 4. The Morgan fingerprint density at radius 3 is 2.75 bits per heavy atom. The lowest BCUT2D eigenvalue weighted by Crippen LogP contribution is -2.24. The van der Waals surface area contributed by atoms with Crippen molar-refractivity contribution in [1.29, 1.82) is 0 Å². The number of nitrogens with zero attached hydrogens (tertiary/aromatic N) is 4. The van der Waals surface area contributed by atoms with E-state index in [1.165, 1.54) is 24.1 Å². The molecule has 5 nitrogen and oxygen atoms in total. The van der Waals surface area contributed by atoms with Gasteiger partial charge in [-0.05, 0) is 40.2 Å². The van der Waals surface area contributed by atoms with Crippen LogP contribution in [-0.4, -0.2) is 31.2 Å². The highest BCUT2D eigenvalue weighted by atomic mass is 15.3. The van der Waals surface area contributed by atoms with Crippen LogP contribution in [0, 0.1) is 20.8 Å². The van der Waals surface area contributed by atoms with E-state index in [1.807, 2.05) is 17.9 Å². The molecule has 3 rings (SSSR count). The van der Waals surface area contributed by atoms with Crippen molar-refractivity contribution in [2.24, 2.45) is 7.05 Å². The minimum atomic E-state index is 0.419. The molecule has 0 radical (unpaired) electrons. The Morgan fingerprint density at radius 1 is 1.35 bits per heavy atom. The predicted octanol–water partition coefficient (Wildman–Crippen LogP) is 2.41. The second-order valence-electron chi connectivity index (χ2n) is 5.85. The minimum absolute atomic E-state index is 0.419. The molecule has 1 atom stereocenters. The first-order chi connectivity index (χ1) is 9.56. The summed E-state index contributed by atoms with van der Waals surface area (Å²) >= 11 is 0. The number of H-pyrrole nitrogens is 1. The SMILES string of the molecule is Cc1cnc(C2CCCN2Cc2c(C)nn(C)c2C)[nH]1. The predicted molar refractivity (Wildman–Crippen MR) is 78.4 cm³/mol. The quantitative estimate of drug-likeness (QED) is 0.934. The van der Waals surface area contributed by atoms with Gasteiger partial charge in [0.2, 0.25) is 0 Å². The average Bonchev–Trinajstić information content (AvgIpc) is 3.07. The van der Waals surface area contributed by atoms with E-state index in [9.17, 15) is 0 Å². The minimum Gasteiger partial charge on any atom is -0.345 e. The van der Waals surface area contributed by atoms with Crippen LogP contribution in [0.5, 0.6) is 0 Å². The van der Waals surface area contributed by atoms with E-state index in [-0.39, 0.29) is 0 Å². The number of hydrogen-bond acceptors (Lipinski definition) is 3. The first kappa shape index (κ1) is 13.4. The molecule has 0 amide bonds. The van der Waals surface area contributed by atoms with Gasteiger partial charge in [-0.1, -0.05) is 0 Å². The van der Waals surface area contributed by atoms with Crippen molar-refractivity contribution >= 4 is 0 Å². The van der Waals surface area contributed by atoms with Crippen LogP contribution >= 0.6 is 0 Å². The van der Waals surface area contributed by atoms with Crippen LogP contribution in [0.15, 0.2) is 6.20 Å². The lowest BCUT2D eigenvalue weighted by Gasteiger charge is -2.23. The third kappa shape index (κ3) is 2.26. The van der Waals surface area contributed by atoms with Crippen LogP contribution in [0.4, 0.5) is 0 Å². The van der Waals surface area contributed by atoms with Crippen molar-refractivity contribution in [1.82, 2.24) is 24.6 Å². The van der Waals surface area contributed by atoms with Gasteiger partial charge < -0.3 is 4.98 Å². The maximum Gasteiger partial charge on any atom is 0.123 e. The van der Waals surface area contributed by atoms with E-state index >= 15 is 0 Å². The molecule has 108 valence electrons. The number of aromatic amines is 1. The van der Waals surface area contributed by atoms with E-state index in [1.54, 1.807) is 0 Å². The van der Waals surface area contributed by atoms with Crippen molar-refractivity contribution in [3.8, 4) is 0 Å². The van der Waals surface area contributed by atoms with E-state index < -0.39 is 0 Å². The lowest BCUT2D eigenvalue weighted by atomic mass is 10.1. The third-order valence-corrected chi connectivity index (χ3v) is 4.42. The van der Waals surface area contributed by atoms with Crippen molar-refractivity contribution in [3.63, 3.8) is 0 Å². The highest BCUT2D eigenvalue weighted by Crippen LogP contribution is 2.32. The number of hydrogen-bond donors (Lipinski definition) is 1. The zero-order valence-electron chi connectivity index (χ0n) is 12.8. The maximum atomic E-state index is 4.52. The summed E-state index contributed by atoms with van der Waals surface area (Å²) in [6.45, 7) is 8.42. The largest absolute Gasteiger partial charge is 0.345 e. The standard InChI is InChI=1S/C15H23N5/c1-10-8-16-15(17-10)14-6-5-7-20(14)9-13-11(2)18-19(4)12(13)3/h8,14H,5-7,9H2,1-4H3,(H,16,17). The average molecular weight is 273 g/mol. The van der Waals surface area contributed by atoms with Gasteiger partial charge in [0.15, 0.2) is 0 Å². The van der Waals surface area contributed by atoms with Gasteiger partial charge in [-0.25, -0.2) is 4.98 Å². The molecule has 0 spiro atoms. The van der Waals surface area contributed by atoms with Gasteiger partial charge in [-0.3, -0.25) is 9.58 Å². The molecule has 2 aromatic rings. The molecule has 1 unspecified atom stereocenters. The molecule has 1 N–H and O–H groups in total. The number of likely N-dealkylation sites (tertiary alicyclic amines) is 1. The Kier molecular flexibility index (Phi) is 3.38. The Bertz CT molecular complexity index is 610. The summed E-state index contributed by atoms with van der Waals surface area (Å²) in [6, 6.07) is 0.419. The van der Waals surface area contributed by atoms with E-state index in [2.05, 4.69) is 40.7 Å². The molecule has 5 heteroatoms. The fraction of sp³-hybridized carbons (Fsp3) is 0.600. The van der Waals surface area contributed by atoms with E-state index in [0.717, 1.165) is 30.3 Å². The molecule has 20 heavy (non-hydrogen) atoms. The summed E-state index contributed by atoms with van der Waals surface area (Å²) in [4.78, 5) is 10.4. The van der Waals surface area contributed by atoms with Crippen LogP contribution in [0.3, 0.4) is 0 Å². The summed E-state index contributed by atoms with van der Waals surface area (Å²) < 4.78 is 1.98. The number of rotatable bonds is 3. The van der Waals surface area contributed by atoms with Crippen LogP contribution in [0.2, 0.25) is 0 Å². The number of aryl methyl sites for hydroxylation is 3. The van der Waals surface area contributed by atoms with Gasteiger partial charge in [0, 0.05) is 36.7 Å². The Hall–Kier alpha value is -1.62. The zero-order valence-corrected chi connectivity index (χ0v) is 12.8. The van der Waals surface area contributed by atoms with Gasteiger partial charge in [-0.15, -0.1) is 0 Å². The van der Waals surface area contributed by atoms with Crippen LogP contribution < -0.4 is 0 Å². The van der Waals surface area contributed by atoms with Gasteiger partial charge in [0.1, 0.15) is 5.82 Å². The second kappa shape index (κ2) is 5.05. The summed E-state index contributed by atoms with van der Waals surface area (Å²) in [5, 5.41) is 4.52. The van der Waals surface area contributed by atoms with Gasteiger partial charge in [0.25, 0.3) is 0 Å². The first-order valence-corrected chi connectivity index (χ1v) is 7.31. The highest BCUT2D eigenvalue weighted by molar-refractivity contribution is 5.24. The maximum absolute atomic E-state index is 4.52. The van der Waals surface area contributed by atoms with Crippen LogP contribution in [0.25, 0.3) is 0 Å². The van der Waals surface area contributed by atoms with Crippen LogP contribution in [0.1, 0.15) is 47.4 Å². The normalized spacial score (nSPS) is 19.9. The molecule has 0 aromatic carbocycles. The molecule has 1 saturated heterocycles. The summed E-state index contributed by atoms with van der Waals surface area (Å²) in [7, 11) is 2.02. The molecular formula is C15H23N5. The van der Waals surface area contributed by atoms with Gasteiger partial charge in [-0.2, -0.15) is 5.10 Å². The fourth-order valence-electron chi connectivity index (χ4n) is 3.18. The Morgan fingerprint density at radius 2 is 2.15 bits per heavy atom. The van der Waals surface area contributed by atoms with E-state index in [0.29, 0.717) is 6.04 Å². The zero-order chi connectivity index (χ0) is 14.3. The summed E-state index contributed by atoms with van der Waals surface area (Å²) in [5.74, 6) is 1.11. The molecule has 0 saturated carbocycles. The molecule has 1 fully saturated rings. The smallest absolute Gasteiger partial charge is 0.123 e. The highest BCUT2D eigenvalue weighted by Gasteiger charge is 2.29. The summed E-state index contributed by atoms with van der Waals surface area (Å²) in [5.41, 5.74) is 4.92. The van der Waals surface area contributed by atoms with Gasteiger partial charge >= 0.3 is 0 Å². The molecule has 3 heterocycles. The first-order valence-electron chi connectivity index (χ1n) is 7.31. The summed E-state index contributed by atoms with van der Waals surface area (Å²) in [6.07, 6.45) is 4.35. The molecule has 0 aliphatic carbocycles. The van der Waals surface area contributed by atoms with Crippen molar-refractivity contribution in [3.05, 3.63) is 34.7 Å². The third-order valence-electron chi connectivity index (χ3n) is 4.42. The topological polar surface area (TPSA) is 49.7 Å². The van der Waals surface area contributed by atoms with Crippen LogP contribution in [-0.2, 0) is 13.6 Å². The molecular weight excluding hydrogens is 250 g/mol.